The van der Waals surface area contributed by atoms with E-state index < -0.39 is 21.8 Å². The first-order valence-corrected chi connectivity index (χ1v) is 10.5. The molecule has 4 aliphatic carbocycles. The number of amides is 1. The second kappa shape index (κ2) is 6.93. The topological polar surface area (TPSA) is 121 Å². The average Bonchev–Trinajstić information content (AvgIpc) is 3.24. The van der Waals surface area contributed by atoms with Crippen LogP contribution in [0.4, 0.5) is 11.6 Å². The molecule has 0 aliphatic heterocycles. The number of rotatable bonds is 6. The van der Waals surface area contributed by atoms with Crippen LogP contribution in [0.15, 0.2) is 24.5 Å². The molecule has 1 aromatic heterocycles. The third-order valence-electron chi connectivity index (χ3n) is 7.25. The third kappa shape index (κ3) is 3.21. The van der Waals surface area contributed by atoms with Gasteiger partial charge in [0.1, 0.15) is 11.5 Å². The molecule has 10 nitrogen and oxygen atoms in total. The van der Waals surface area contributed by atoms with Crippen LogP contribution in [0.2, 0.25) is 0 Å². The summed E-state index contributed by atoms with van der Waals surface area (Å²) >= 11 is 0. The summed E-state index contributed by atoms with van der Waals surface area (Å²) in [6.45, 7) is 0. The summed E-state index contributed by atoms with van der Waals surface area (Å²) in [5.74, 6) is 1.59. The Labute approximate surface area is 179 Å². The minimum Gasteiger partial charge on any atom is -0.497 e. The van der Waals surface area contributed by atoms with Crippen molar-refractivity contribution in [3.63, 3.8) is 0 Å². The largest absolute Gasteiger partial charge is 0.497 e. The van der Waals surface area contributed by atoms with Crippen LogP contribution in [0, 0.1) is 27.4 Å². The molecule has 4 aliphatic rings. The lowest BCUT2D eigenvalue weighted by atomic mass is 9.46. The van der Waals surface area contributed by atoms with Gasteiger partial charge in [0.15, 0.2) is 0 Å². The molecule has 1 N–H and O–H groups in total. The number of nitrogens with one attached hydrogen (secondary N) is 1. The number of carbonyl (C=O) groups excluding carboxylic acids is 1. The zero-order valence-electron chi connectivity index (χ0n) is 17.5. The van der Waals surface area contributed by atoms with Crippen LogP contribution in [0.1, 0.15) is 38.5 Å². The van der Waals surface area contributed by atoms with Crippen molar-refractivity contribution in [2.75, 3.05) is 19.5 Å². The molecule has 0 spiro atoms. The number of hydrogen-bond acceptors (Lipinski definition) is 7. The molecule has 1 aromatic carbocycles. The normalized spacial score (nSPS) is 30.8. The maximum Gasteiger partial charge on any atom is 0.490 e. The minimum atomic E-state index is -0.574. The predicted molar refractivity (Wildman–Crippen MR) is 110 cm³/mol. The second-order valence-corrected chi connectivity index (χ2v) is 9.27. The molecule has 0 saturated heterocycles. The molecule has 1 amide bonds. The van der Waals surface area contributed by atoms with E-state index >= 15 is 0 Å². The molecule has 4 saturated carbocycles. The van der Waals surface area contributed by atoms with Gasteiger partial charge in [-0.05, 0) is 55.3 Å². The number of ether oxygens (including phenoxy) is 2. The molecule has 6 rings (SSSR count). The summed E-state index contributed by atoms with van der Waals surface area (Å²) in [6.07, 6.45) is 6.59. The van der Waals surface area contributed by atoms with E-state index in [2.05, 4.69) is 15.4 Å². The summed E-state index contributed by atoms with van der Waals surface area (Å²) in [6, 6.07) is 5.31. The lowest BCUT2D eigenvalue weighted by Crippen LogP contribution is -2.60. The van der Waals surface area contributed by atoms with E-state index in [1.54, 1.807) is 37.1 Å². The quantitative estimate of drug-likeness (QED) is 0.555. The third-order valence-corrected chi connectivity index (χ3v) is 7.25. The monoisotopic (exact) mass is 427 g/mol. The van der Waals surface area contributed by atoms with Gasteiger partial charge in [0, 0.05) is 29.0 Å². The summed E-state index contributed by atoms with van der Waals surface area (Å²) in [5.41, 5.74) is -0.294. The van der Waals surface area contributed by atoms with Gasteiger partial charge >= 0.3 is 5.95 Å². The highest BCUT2D eigenvalue weighted by Crippen LogP contribution is 2.64. The smallest absolute Gasteiger partial charge is 0.490 e. The first-order valence-electron chi connectivity index (χ1n) is 10.5. The van der Waals surface area contributed by atoms with Gasteiger partial charge in [-0.15, -0.1) is 0 Å². The lowest BCUT2D eigenvalue weighted by molar-refractivity contribution is -0.394. The van der Waals surface area contributed by atoms with Gasteiger partial charge in [0.2, 0.25) is 12.2 Å². The van der Waals surface area contributed by atoms with E-state index in [0.29, 0.717) is 35.4 Å². The molecule has 1 heterocycles. The van der Waals surface area contributed by atoms with Crippen LogP contribution in [0.3, 0.4) is 0 Å². The molecular weight excluding hydrogens is 402 g/mol. The van der Waals surface area contributed by atoms with Gasteiger partial charge in [-0.2, -0.15) is 4.68 Å². The van der Waals surface area contributed by atoms with Crippen LogP contribution in [-0.4, -0.2) is 39.8 Å². The van der Waals surface area contributed by atoms with E-state index in [1.807, 2.05) is 0 Å². The van der Waals surface area contributed by atoms with Crippen molar-refractivity contribution in [1.82, 2.24) is 14.8 Å². The van der Waals surface area contributed by atoms with Crippen LogP contribution in [0.25, 0.3) is 0 Å². The van der Waals surface area contributed by atoms with Crippen molar-refractivity contribution in [1.29, 1.82) is 0 Å². The zero-order valence-corrected chi connectivity index (χ0v) is 17.5. The van der Waals surface area contributed by atoms with E-state index in [4.69, 9.17) is 9.47 Å². The number of nitrogens with zero attached hydrogens (tertiary/aromatic N) is 4. The lowest BCUT2D eigenvalue weighted by Gasteiger charge is -2.60. The van der Waals surface area contributed by atoms with E-state index in [0.717, 1.165) is 32.1 Å². The van der Waals surface area contributed by atoms with Crippen molar-refractivity contribution in [3.05, 3.63) is 34.6 Å². The standard InChI is InChI=1S/C21H25N5O5/c1-30-16-4-15(5-17(6-16)31-2)23-18(27)20-7-13-3-14(8-20)10-21(9-13,11-20)25-12-22-19(24-25)26(28)29/h4-6,12-14H,3,7-11H2,1-2H3,(H,23,27)/t13-,14-,20?,21?/m1/s1. The molecule has 10 heteroatoms. The molecule has 2 aromatic rings. The molecule has 4 fully saturated rings. The van der Waals surface area contributed by atoms with Crippen molar-refractivity contribution in [3.8, 4) is 11.5 Å². The maximum atomic E-state index is 13.6. The molecular formula is C21H25N5O5. The highest BCUT2D eigenvalue weighted by molar-refractivity contribution is 5.96. The average molecular weight is 427 g/mol. The van der Waals surface area contributed by atoms with Crippen molar-refractivity contribution >= 4 is 17.5 Å². The Kier molecular flexibility index (Phi) is 4.42. The van der Waals surface area contributed by atoms with Gasteiger partial charge in [0.25, 0.3) is 0 Å². The number of methoxy groups -OCH3 is 2. The number of carbonyl (C=O) groups is 1. The van der Waals surface area contributed by atoms with Crippen LogP contribution >= 0.6 is 0 Å². The first-order chi connectivity index (χ1) is 14.8. The fourth-order valence-corrected chi connectivity index (χ4v) is 6.46. The maximum absolute atomic E-state index is 13.6. The Balaban J connectivity index is 1.45. The molecule has 2 atom stereocenters. The number of aromatic nitrogens is 3. The summed E-state index contributed by atoms with van der Waals surface area (Å²) in [7, 11) is 3.14. The Bertz CT molecular complexity index is 1010. The van der Waals surface area contributed by atoms with Gasteiger partial charge in [-0.25, -0.2) is 0 Å². The fraction of sp³-hybridized carbons (Fsp3) is 0.571. The Hall–Kier alpha value is -3.17. The Morgan fingerprint density at radius 2 is 1.81 bits per heavy atom. The fourth-order valence-electron chi connectivity index (χ4n) is 6.46. The number of anilines is 1. The van der Waals surface area contributed by atoms with Crippen LogP contribution in [0.5, 0.6) is 11.5 Å². The molecule has 31 heavy (non-hydrogen) atoms. The highest BCUT2D eigenvalue weighted by Gasteiger charge is 2.62. The minimum absolute atomic E-state index is 0.0177. The van der Waals surface area contributed by atoms with E-state index in [1.165, 1.54) is 6.33 Å². The summed E-state index contributed by atoms with van der Waals surface area (Å²) in [5, 5.41) is 18.4. The predicted octanol–water partition coefficient (Wildman–Crippen LogP) is 3.14. The van der Waals surface area contributed by atoms with Crippen molar-refractivity contribution < 1.29 is 19.2 Å². The second-order valence-electron chi connectivity index (χ2n) is 9.27. The summed E-state index contributed by atoms with van der Waals surface area (Å²) < 4.78 is 12.3. The molecule has 0 unspecified atom stereocenters. The number of benzene rings is 1. The number of hydrogen-bond donors (Lipinski definition) is 1. The van der Waals surface area contributed by atoms with E-state index in [9.17, 15) is 14.9 Å². The van der Waals surface area contributed by atoms with Gasteiger partial charge in [-0.3, -0.25) is 4.79 Å². The zero-order chi connectivity index (χ0) is 21.8. The Morgan fingerprint density at radius 1 is 1.16 bits per heavy atom. The van der Waals surface area contributed by atoms with Crippen LogP contribution < -0.4 is 14.8 Å². The molecule has 0 radical (unpaired) electrons. The Morgan fingerprint density at radius 3 is 2.35 bits per heavy atom. The van der Waals surface area contributed by atoms with E-state index in [-0.39, 0.29) is 5.91 Å². The summed E-state index contributed by atoms with van der Waals surface area (Å²) in [4.78, 5) is 28.0. The number of nitro groups is 1. The van der Waals surface area contributed by atoms with Gasteiger partial charge in [-0.1, -0.05) is 4.98 Å². The van der Waals surface area contributed by atoms with Crippen molar-refractivity contribution in [2.45, 2.75) is 44.1 Å². The molecule has 4 bridgehead atoms. The SMILES string of the molecule is COc1cc(NC(=O)C23C[C@H]4C[C@H](C2)CC(n2cnc([N+](=O)[O-])n2)(C4)C3)cc(OC)c1. The van der Waals surface area contributed by atoms with Crippen molar-refractivity contribution in [2.24, 2.45) is 17.3 Å². The van der Waals surface area contributed by atoms with Gasteiger partial charge in [0.05, 0.1) is 25.2 Å². The first kappa shape index (κ1) is 19.8. The highest BCUT2D eigenvalue weighted by atomic mass is 16.6. The molecule has 164 valence electrons. The van der Waals surface area contributed by atoms with Crippen LogP contribution in [-0.2, 0) is 10.3 Å². The van der Waals surface area contributed by atoms with Gasteiger partial charge < -0.3 is 24.9 Å².